The van der Waals surface area contributed by atoms with Gasteiger partial charge < -0.3 is 9.72 Å². The van der Waals surface area contributed by atoms with Gasteiger partial charge in [0.15, 0.2) is 0 Å². The largest absolute Gasteiger partial charge is 0.494 e. The van der Waals surface area contributed by atoms with Crippen LogP contribution < -0.4 is 0 Å². The molecule has 0 fully saturated rings. The highest BCUT2D eigenvalue weighted by Crippen LogP contribution is 2.25. The molecular formula is C14H15N5O. The second kappa shape index (κ2) is 4.80. The van der Waals surface area contributed by atoms with Crippen LogP contribution in [-0.2, 0) is 4.74 Å². The maximum absolute atomic E-state index is 5.38. The molecule has 6 nitrogen and oxygen atoms in total. The fourth-order valence-corrected chi connectivity index (χ4v) is 2.18. The van der Waals surface area contributed by atoms with E-state index in [2.05, 4.69) is 38.4 Å². The van der Waals surface area contributed by atoms with Gasteiger partial charge in [-0.15, -0.1) is 5.10 Å². The van der Waals surface area contributed by atoms with Gasteiger partial charge >= 0.3 is 0 Å². The minimum atomic E-state index is 0.697. The number of nitrogens with one attached hydrogen (secondary N) is 2. The smallest absolute Gasteiger partial charge is 0.146 e. The molecular weight excluding hydrogens is 254 g/mol. The van der Waals surface area contributed by atoms with E-state index in [9.17, 15) is 0 Å². The van der Waals surface area contributed by atoms with Gasteiger partial charge in [0.25, 0.3) is 0 Å². The van der Waals surface area contributed by atoms with Gasteiger partial charge in [-0.2, -0.15) is 0 Å². The molecule has 102 valence electrons. The van der Waals surface area contributed by atoms with E-state index in [-0.39, 0.29) is 0 Å². The van der Waals surface area contributed by atoms with Crippen molar-refractivity contribution in [3.05, 3.63) is 52.4 Å². The number of H-pyrrole nitrogens is 2. The summed E-state index contributed by atoms with van der Waals surface area (Å²) in [6.45, 7) is 4.09. The Morgan fingerprint density at radius 2 is 2.15 bits per heavy atom. The van der Waals surface area contributed by atoms with Crippen molar-refractivity contribution < 1.29 is 4.74 Å². The summed E-state index contributed by atoms with van der Waals surface area (Å²) in [6, 6.07) is 2.10. The molecule has 1 aliphatic rings. The average molecular weight is 269 g/mol. The molecule has 0 aromatic carbocycles. The number of aromatic nitrogens is 4. The van der Waals surface area contributed by atoms with Crippen LogP contribution in [0.5, 0.6) is 0 Å². The minimum Gasteiger partial charge on any atom is -0.494 e. The fourth-order valence-electron chi connectivity index (χ4n) is 2.18. The molecule has 0 aliphatic carbocycles. The Bertz CT molecular complexity index is 719. The van der Waals surface area contributed by atoms with Crippen molar-refractivity contribution in [2.45, 2.75) is 13.8 Å². The first-order valence-electron chi connectivity index (χ1n) is 6.27. The van der Waals surface area contributed by atoms with Crippen LogP contribution in [0.25, 0.3) is 6.08 Å². The summed E-state index contributed by atoms with van der Waals surface area (Å²) in [5, 5.41) is 10.3. The summed E-state index contributed by atoms with van der Waals surface area (Å²) in [5.41, 5.74) is 5.54. The Labute approximate surface area is 116 Å². The van der Waals surface area contributed by atoms with Crippen LogP contribution in [0.3, 0.4) is 0 Å². The standard InChI is InChI=1S/C14H15N5O/c1-8-4-9(2)16-10(8)5-12-14(20-3)6-11(17-12)13-7-15-19-18-13/h4-7,16H,1-3H3,(H,15,18,19)/b12-5-. The molecule has 0 unspecified atom stereocenters. The number of aryl methyl sites for hydroxylation is 2. The van der Waals surface area contributed by atoms with Crippen molar-refractivity contribution in [2.75, 3.05) is 7.11 Å². The lowest BCUT2D eigenvalue weighted by Crippen LogP contribution is -1.94. The predicted molar refractivity (Wildman–Crippen MR) is 76.3 cm³/mol. The molecule has 2 aromatic heterocycles. The quantitative estimate of drug-likeness (QED) is 0.895. The third-order valence-electron chi connectivity index (χ3n) is 3.13. The van der Waals surface area contributed by atoms with Crippen LogP contribution in [0.2, 0.25) is 0 Å². The number of allylic oxidation sites excluding steroid dienone is 1. The second-order valence-electron chi connectivity index (χ2n) is 4.65. The summed E-state index contributed by atoms with van der Waals surface area (Å²) in [4.78, 5) is 7.85. The number of aromatic amines is 2. The van der Waals surface area contributed by atoms with E-state index in [0.717, 1.165) is 28.6 Å². The van der Waals surface area contributed by atoms with Gasteiger partial charge in [-0.1, -0.05) is 5.21 Å². The fraction of sp³-hybridized carbons (Fsp3) is 0.214. The first-order chi connectivity index (χ1) is 9.67. The lowest BCUT2D eigenvalue weighted by molar-refractivity contribution is 0.303. The minimum absolute atomic E-state index is 0.697. The van der Waals surface area contributed by atoms with E-state index < -0.39 is 0 Å². The normalized spacial score (nSPS) is 16.4. The van der Waals surface area contributed by atoms with Crippen molar-refractivity contribution in [1.29, 1.82) is 0 Å². The van der Waals surface area contributed by atoms with Gasteiger partial charge in [-0.05, 0) is 31.6 Å². The molecule has 3 rings (SSSR count). The van der Waals surface area contributed by atoms with Crippen molar-refractivity contribution in [3.63, 3.8) is 0 Å². The first-order valence-corrected chi connectivity index (χ1v) is 6.27. The molecule has 0 spiro atoms. The first kappa shape index (κ1) is 12.4. The van der Waals surface area contributed by atoms with Crippen LogP contribution in [0.4, 0.5) is 0 Å². The zero-order chi connectivity index (χ0) is 14.1. The molecule has 0 saturated carbocycles. The van der Waals surface area contributed by atoms with Crippen molar-refractivity contribution in [3.8, 4) is 0 Å². The summed E-state index contributed by atoms with van der Waals surface area (Å²) >= 11 is 0. The van der Waals surface area contributed by atoms with Gasteiger partial charge in [0.05, 0.1) is 19.0 Å². The lowest BCUT2D eigenvalue weighted by Gasteiger charge is -2.01. The second-order valence-corrected chi connectivity index (χ2v) is 4.65. The van der Waals surface area contributed by atoms with Crippen LogP contribution in [-0.4, -0.2) is 33.2 Å². The molecule has 6 heteroatoms. The molecule has 0 bridgehead atoms. The maximum atomic E-state index is 5.38. The van der Waals surface area contributed by atoms with Gasteiger partial charge in [0, 0.05) is 17.5 Å². The summed E-state index contributed by atoms with van der Waals surface area (Å²) in [6.07, 6.45) is 5.54. The molecule has 0 saturated heterocycles. The van der Waals surface area contributed by atoms with E-state index >= 15 is 0 Å². The van der Waals surface area contributed by atoms with Crippen LogP contribution in [0, 0.1) is 13.8 Å². The molecule has 2 N–H and O–H groups in total. The van der Waals surface area contributed by atoms with Crippen molar-refractivity contribution >= 4 is 11.8 Å². The number of ether oxygens (including phenoxy) is 1. The number of hydrogen-bond acceptors (Lipinski definition) is 4. The van der Waals surface area contributed by atoms with Crippen LogP contribution in [0.1, 0.15) is 22.6 Å². The third-order valence-corrected chi connectivity index (χ3v) is 3.13. The summed E-state index contributed by atoms with van der Waals surface area (Å²) in [7, 11) is 1.63. The van der Waals surface area contributed by atoms with Gasteiger partial charge in [0.2, 0.25) is 0 Å². The van der Waals surface area contributed by atoms with Crippen LogP contribution in [0.15, 0.2) is 34.8 Å². The number of methoxy groups -OCH3 is 1. The highest BCUT2D eigenvalue weighted by atomic mass is 16.5. The molecule has 2 aromatic rings. The zero-order valence-corrected chi connectivity index (χ0v) is 11.6. The third kappa shape index (κ3) is 2.16. The van der Waals surface area contributed by atoms with Gasteiger partial charge in [-0.25, -0.2) is 4.99 Å². The molecule has 3 heterocycles. The van der Waals surface area contributed by atoms with E-state index in [4.69, 9.17) is 4.74 Å². The maximum Gasteiger partial charge on any atom is 0.146 e. The molecule has 0 amide bonds. The van der Waals surface area contributed by atoms with E-state index in [0.29, 0.717) is 5.69 Å². The molecule has 0 atom stereocenters. The highest BCUT2D eigenvalue weighted by molar-refractivity contribution is 6.10. The highest BCUT2D eigenvalue weighted by Gasteiger charge is 2.18. The predicted octanol–water partition coefficient (Wildman–Crippen LogP) is 2.12. The Hall–Kier alpha value is -2.63. The van der Waals surface area contributed by atoms with E-state index in [1.807, 2.05) is 19.1 Å². The van der Waals surface area contributed by atoms with E-state index in [1.54, 1.807) is 13.3 Å². The Morgan fingerprint density at radius 1 is 1.30 bits per heavy atom. The Morgan fingerprint density at radius 3 is 2.75 bits per heavy atom. The average Bonchev–Trinajstić information content (AvgIpc) is 3.11. The number of rotatable bonds is 3. The SMILES string of the molecule is COC1=CC(c2c[nH]nn2)=N/C1=C\c1[nH]c(C)cc1C. The monoisotopic (exact) mass is 269 g/mol. The van der Waals surface area contributed by atoms with E-state index in [1.165, 1.54) is 5.56 Å². The van der Waals surface area contributed by atoms with Crippen molar-refractivity contribution in [1.82, 2.24) is 20.4 Å². The number of hydrogen-bond donors (Lipinski definition) is 2. The number of nitrogens with zero attached hydrogens (tertiary/aromatic N) is 3. The van der Waals surface area contributed by atoms with Gasteiger partial charge in [-0.3, -0.25) is 5.10 Å². The van der Waals surface area contributed by atoms with Crippen molar-refractivity contribution in [2.24, 2.45) is 4.99 Å². The number of aliphatic imine (C=N–C) groups is 1. The topological polar surface area (TPSA) is 78.9 Å². The summed E-state index contributed by atoms with van der Waals surface area (Å²) in [5.74, 6) is 0.717. The summed E-state index contributed by atoms with van der Waals surface area (Å²) < 4.78 is 5.38. The molecule has 0 radical (unpaired) electrons. The van der Waals surface area contributed by atoms with Gasteiger partial charge in [0.1, 0.15) is 17.2 Å². The zero-order valence-electron chi connectivity index (χ0n) is 11.6. The Balaban J connectivity index is 2.01. The molecule has 1 aliphatic heterocycles. The Kier molecular flexibility index (Phi) is 2.98. The molecule has 20 heavy (non-hydrogen) atoms. The lowest BCUT2D eigenvalue weighted by atomic mass is 10.2. The van der Waals surface area contributed by atoms with Crippen LogP contribution >= 0.6 is 0 Å².